The molecule has 0 unspecified atom stereocenters. The van der Waals surface area contributed by atoms with E-state index < -0.39 is 0 Å². The molecule has 0 amide bonds. The summed E-state index contributed by atoms with van der Waals surface area (Å²) in [6.45, 7) is 9.14. The van der Waals surface area contributed by atoms with Crippen molar-refractivity contribution in [2.75, 3.05) is 6.54 Å². The highest BCUT2D eigenvalue weighted by Gasteiger charge is 2.12. The van der Waals surface area contributed by atoms with Gasteiger partial charge in [-0.1, -0.05) is 19.1 Å². The van der Waals surface area contributed by atoms with Gasteiger partial charge in [0, 0.05) is 23.7 Å². The lowest BCUT2D eigenvalue weighted by Crippen LogP contribution is -2.11. The highest BCUT2D eigenvalue weighted by Crippen LogP contribution is 2.29. The maximum Gasteiger partial charge on any atom is 0.0739 e. The number of rotatable bonds is 7. The lowest BCUT2D eigenvalue weighted by atomic mass is 10.2. The van der Waals surface area contributed by atoms with Crippen LogP contribution in [0.1, 0.15) is 30.8 Å². The minimum Gasteiger partial charge on any atom is -0.313 e. The number of thioether (sulfide) groups is 1. The molecule has 0 saturated carbocycles. The lowest BCUT2D eigenvalue weighted by molar-refractivity contribution is 0.631. The van der Waals surface area contributed by atoms with E-state index in [0.29, 0.717) is 0 Å². The topological polar surface area (TPSA) is 29.9 Å². The molecule has 21 heavy (non-hydrogen) atoms. The van der Waals surface area contributed by atoms with Gasteiger partial charge in [0.15, 0.2) is 0 Å². The van der Waals surface area contributed by atoms with Crippen LogP contribution in [0.3, 0.4) is 0 Å². The van der Waals surface area contributed by atoms with Crippen molar-refractivity contribution in [1.29, 1.82) is 0 Å². The van der Waals surface area contributed by atoms with E-state index in [1.165, 1.54) is 16.2 Å². The van der Waals surface area contributed by atoms with E-state index in [1.807, 2.05) is 18.7 Å². The second-order valence-corrected chi connectivity index (χ2v) is 6.72. The van der Waals surface area contributed by atoms with Gasteiger partial charge in [0.05, 0.1) is 15.9 Å². The second-order valence-electron chi connectivity index (χ2n) is 4.88. The number of aryl methyl sites for hydroxylation is 2. The molecule has 1 N–H and O–H groups in total. The van der Waals surface area contributed by atoms with Crippen LogP contribution in [0, 0.1) is 6.92 Å². The van der Waals surface area contributed by atoms with Crippen LogP contribution in [-0.4, -0.2) is 16.3 Å². The van der Waals surface area contributed by atoms with Gasteiger partial charge in [-0.2, -0.15) is 5.10 Å². The monoisotopic (exact) mass is 367 g/mol. The Kier molecular flexibility index (Phi) is 6.33. The summed E-state index contributed by atoms with van der Waals surface area (Å²) >= 11 is 5.52. The van der Waals surface area contributed by atoms with Crippen LogP contribution in [0.15, 0.2) is 33.6 Å². The molecule has 0 atom stereocenters. The van der Waals surface area contributed by atoms with Crippen LogP contribution in [0.25, 0.3) is 0 Å². The van der Waals surface area contributed by atoms with Gasteiger partial charge in [0.1, 0.15) is 0 Å². The van der Waals surface area contributed by atoms with E-state index in [2.05, 4.69) is 69.1 Å². The van der Waals surface area contributed by atoms with E-state index >= 15 is 0 Å². The molecule has 0 aliphatic carbocycles. The Balaban J connectivity index is 2.06. The Morgan fingerprint density at radius 2 is 2.14 bits per heavy atom. The molecule has 1 aromatic carbocycles. The van der Waals surface area contributed by atoms with E-state index in [0.717, 1.165) is 35.6 Å². The number of aromatic nitrogens is 2. The van der Waals surface area contributed by atoms with Crippen molar-refractivity contribution in [2.24, 2.45) is 0 Å². The minimum atomic E-state index is 0.906. The van der Waals surface area contributed by atoms with Crippen LogP contribution in [0.4, 0.5) is 0 Å². The maximum absolute atomic E-state index is 4.55. The second kappa shape index (κ2) is 8.01. The Labute approximate surface area is 139 Å². The van der Waals surface area contributed by atoms with Gasteiger partial charge in [-0.05, 0) is 54.0 Å². The molecule has 2 aromatic rings. The summed E-state index contributed by atoms with van der Waals surface area (Å²) in [5.41, 5.74) is 3.66. The Hall–Kier alpha value is -0.780. The highest BCUT2D eigenvalue weighted by atomic mass is 79.9. The van der Waals surface area contributed by atoms with Crippen molar-refractivity contribution in [3.05, 3.63) is 45.7 Å². The van der Waals surface area contributed by atoms with Crippen molar-refractivity contribution in [3.8, 4) is 0 Å². The highest BCUT2D eigenvalue weighted by molar-refractivity contribution is 9.10. The zero-order valence-electron chi connectivity index (χ0n) is 12.8. The van der Waals surface area contributed by atoms with Gasteiger partial charge < -0.3 is 5.32 Å². The third kappa shape index (κ3) is 4.34. The van der Waals surface area contributed by atoms with Crippen LogP contribution in [0.5, 0.6) is 0 Å². The SMILES string of the molecule is CCNCc1cccc(SCc2c(Br)c(C)nn2CC)c1. The van der Waals surface area contributed by atoms with E-state index in [4.69, 9.17) is 0 Å². The van der Waals surface area contributed by atoms with Crippen LogP contribution in [-0.2, 0) is 18.8 Å². The largest absolute Gasteiger partial charge is 0.313 e. The molecule has 0 aliphatic rings. The summed E-state index contributed by atoms with van der Waals surface area (Å²) in [5.74, 6) is 0.930. The third-order valence-electron chi connectivity index (χ3n) is 3.31. The summed E-state index contributed by atoms with van der Waals surface area (Å²) in [6, 6.07) is 8.74. The van der Waals surface area contributed by atoms with Crippen molar-refractivity contribution >= 4 is 27.7 Å². The maximum atomic E-state index is 4.55. The van der Waals surface area contributed by atoms with Gasteiger partial charge in [-0.25, -0.2) is 0 Å². The van der Waals surface area contributed by atoms with Gasteiger partial charge in [0.25, 0.3) is 0 Å². The average molecular weight is 368 g/mol. The summed E-state index contributed by atoms with van der Waals surface area (Å²) in [4.78, 5) is 1.30. The van der Waals surface area contributed by atoms with Crippen molar-refractivity contribution in [1.82, 2.24) is 15.1 Å². The van der Waals surface area contributed by atoms with E-state index in [9.17, 15) is 0 Å². The summed E-state index contributed by atoms with van der Waals surface area (Å²) in [7, 11) is 0. The Morgan fingerprint density at radius 3 is 2.86 bits per heavy atom. The fourth-order valence-corrected chi connectivity index (χ4v) is 3.79. The summed E-state index contributed by atoms with van der Waals surface area (Å²) < 4.78 is 3.22. The van der Waals surface area contributed by atoms with Gasteiger partial charge in [-0.15, -0.1) is 11.8 Å². The number of nitrogens with one attached hydrogen (secondary N) is 1. The zero-order chi connectivity index (χ0) is 15.2. The number of nitrogens with zero attached hydrogens (tertiary/aromatic N) is 2. The fourth-order valence-electron chi connectivity index (χ4n) is 2.17. The Bertz CT molecular complexity index is 595. The molecule has 2 rings (SSSR count). The van der Waals surface area contributed by atoms with Crippen LogP contribution >= 0.6 is 27.7 Å². The third-order valence-corrected chi connectivity index (χ3v) is 5.34. The van der Waals surface area contributed by atoms with Gasteiger partial charge in [0.2, 0.25) is 0 Å². The smallest absolute Gasteiger partial charge is 0.0739 e. The summed E-state index contributed by atoms with van der Waals surface area (Å²) in [5, 5.41) is 7.91. The first-order valence-electron chi connectivity index (χ1n) is 7.30. The van der Waals surface area contributed by atoms with Crippen molar-refractivity contribution in [3.63, 3.8) is 0 Å². The van der Waals surface area contributed by atoms with Crippen LogP contribution in [0.2, 0.25) is 0 Å². The van der Waals surface area contributed by atoms with Crippen molar-refractivity contribution < 1.29 is 0 Å². The predicted octanol–water partition coefficient (Wildman–Crippen LogP) is 4.38. The molecular weight excluding hydrogens is 346 g/mol. The normalized spacial score (nSPS) is 11.0. The van der Waals surface area contributed by atoms with Gasteiger partial charge >= 0.3 is 0 Å². The molecule has 0 saturated heterocycles. The predicted molar refractivity (Wildman–Crippen MR) is 93.7 cm³/mol. The molecule has 0 radical (unpaired) electrons. The molecule has 1 heterocycles. The zero-order valence-corrected chi connectivity index (χ0v) is 15.2. The molecule has 0 bridgehead atoms. The lowest BCUT2D eigenvalue weighted by Gasteiger charge is -2.07. The quantitative estimate of drug-likeness (QED) is 0.736. The molecule has 3 nitrogen and oxygen atoms in total. The number of hydrogen-bond donors (Lipinski definition) is 1. The number of halogens is 1. The number of benzene rings is 1. The molecule has 0 aliphatic heterocycles. The van der Waals surface area contributed by atoms with Gasteiger partial charge in [-0.3, -0.25) is 4.68 Å². The first-order valence-corrected chi connectivity index (χ1v) is 9.07. The molecular formula is C16H22BrN3S. The van der Waals surface area contributed by atoms with E-state index in [-0.39, 0.29) is 0 Å². The molecule has 1 aromatic heterocycles. The first kappa shape index (κ1) is 16.6. The van der Waals surface area contributed by atoms with Crippen molar-refractivity contribution in [2.45, 2.75) is 44.5 Å². The van der Waals surface area contributed by atoms with E-state index in [1.54, 1.807) is 0 Å². The first-order chi connectivity index (χ1) is 10.2. The number of hydrogen-bond acceptors (Lipinski definition) is 3. The average Bonchev–Trinajstić information content (AvgIpc) is 2.78. The van der Waals surface area contributed by atoms with Crippen LogP contribution < -0.4 is 5.32 Å². The Morgan fingerprint density at radius 1 is 1.33 bits per heavy atom. The standard InChI is InChI=1S/C16H22BrN3S/c1-4-18-10-13-7-6-8-14(9-13)21-11-15-16(17)12(3)19-20(15)5-2/h6-9,18H,4-5,10-11H2,1-3H3. The minimum absolute atomic E-state index is 0.906. The summed E-state index contributed by atoms with van der Waals surface area (Å²) in [6.07, 6.45) is 0. The molecule has 0 spiro atoms. The molecule has 5 heteroatoms. The molecule has 114 valence electrons. The fraction of sp³-hybridized carbons (Fsp3) is 0.438. The molecule has 0 fully saturated rings.